The van der Waals surface area contributed by atoms with Crippen molar-refractivity contribution in [1.82, 2.24) is 0 Å². The number of furan rings is 1. The highest BCUT2D eigenvalue weighted by Crippen LogP contribution is 2.42. The molecule has 116 valence electrons. The third-order valence-electron chi connectivity index (χ3n) is 4.17. The largest absolute Gasteiger partial charge is 0.469 e. The molecule has 2 heterocycles. The molecular weight excluding hydrogens is 294 g/mol. The van der Waals surface area contributed by atoms with Gasteiger partial charge in [-0.05, 0) is 51.4 Å². The average Bonchev–Trinajstić information content (AvgIpc) is 2.88. The third-order valence-corrected chi connectivity index (χ3v) is 4.38. The molecule has 21 heavy (non-hydrogen) atoms. The Kier molecular flexibility index (Phi) is 4.43. The van der Waals surface area contributed by atoms with E-state index in [0.717, 1.165) is 0 Å². The number of esters is 1. The van der Waals surface area contributed by atoms with Gasteiger partial charge >= 0.3 is 13.1 Å². The smallest absolute Gasteiger partial charge is 0.469 e. The molecule has 1 atom stereocenters. The van der Waals surface area contributed by atoms with Gasteiger partial charge in [-0.1, -0.05) is 0 Å². The molecule has 1 aliphatic rings. The first-order valence-corrected chi connectivity index (χ1v) is 7.22. The molecule has 1 aromatic rings. The molecule has 0 spiro atoms. The van der Waals surface area contributed by atoms with Crippen LogP contribution in [0.25, 0.3) is 0 Å². The Labute approximate surface area is 130 Å². The summed E-state index contributed by atoms with van der Waals surface area (Å²) in [5, 5.41) is 0.261. The predicted octanol–water partition coefficient (Wildman–Crippen LogP) is 3.21. The molecule has 1 aromatic heterocycles. The Morgan fingerprint density at radius 3 is 2.29 bits per heavy atom. The standard InChI is InChI=1S/C14H20BClO5/c1-13(2)14(3,4)21-15(20-13)9(8-12(17)18-5)10-6-7-11(16)19-10/h6-7,9H,8H2,1-5H3. The number of carbonyl (C=O) groups is 1. The van der Waals surface area contributed by atoms with E-state index in [1.54, 1.807) is 12.1 Å². The van der Waals surface area contributed by atoms with Crippen molar-refractivity contribution in [1.29, 1.82) is 0 Å². The van der Waals surface area contributed by atoms with Crippen molar-refractivity contribution in [3.63, 3.8) is 0 Å². The Morgan fingerprint density at radius 2 is 1.86 bits per heavy atom. The lowest BCUT2D eigenvalue weighted by molar-refractivity contribution is -0.140. The fourth-order valence-corrected chi connectivity index (χ4v) is 2.33. The molecule has 1 saturated heterocycles. The van der Waals surface area contributed by atoms with Crippen molar-refractivity contribution < 1.29 is 23.3 Å². The van der Waals surface area contributed by atoms with Crippen molar-refractivity contribution >= 4 is 24.7 Å². The molecule has 1 unspecified atom stereocenters. The third kappa shape index (κ3) is 3.28. The highest BCUT2D eigenvalue weighted by Gasteiger charge is 2.55. The van der Waals surface area contributed by atoms with Crippen molar-refractivity contribution in [2.45, 2.75) is 51.1 Å². The SMILES string of the molecule is COC(=O)CC(B1OC(C)(C)C(C)(C)O1)c1ccc(Cl)o1. The topological polar surface area (TPSA) is 57.9 Å². The maximum absolute atomic E-state index is 11.7. The van der Waals surface area contributed by atoms with Crippen LogP contribution in [0.1, 0.15) is 45.7 Å². The molecule has 0 saturated carbocycles. The van der Waals surface area contributed by atoms with E-state index >= 15 is 0 Å². The van der Waals surface area contributed by atoms with E-state index in [-0.39, 0.29) is 17.6 Å². The van der Waals surface area contributed by atoms with Crippen LogP contribution in [-0.4, -0.2) is 31.4 Å². The minimum atomic E-state index is -0.601. The fraction of sp³-hybridized carbons (Fsp3) is 0.643. The minimum absolute atomic E-state index is 0.0944. The zero-order valence-corrected chi connectivity index (χ0v) is 13.7. The van der Waals surface area contributed by atoms with Crippen LogP contribution >= 0.6 is 11.6 Å². The van der Waals surface area contributed by atoms with Crippen LogP contribution in [0, 0.1) is 0 Å². The summed E-state index contributed by atoms with van der Waals surface area (Å²) in [6.07, 6.45) is 0.0944. The molecule has 0 amide bonds. The zero-order valence-electron chi connectivity index (χ0n) is 12.9. The van der Waals surface area contributed by atoms with Crippen molar-refractivity contribution in [3.8, 4) is 0 Å². The number of methoxy groups -OCH3 is 1. The van der Waals surface area contributed by atoms with Gasteiger partial charge in [0.2, 0.25) is 0 Å². The number of hydrogen-bond acceptors (Lipinski definition) is 5. The summed E-state index contributed by atoms with van der Waals surface area (Å²) in [7, 11) is 0.745. The summed E-state index contributed by atoms with van der Waals surface area (Å²) < 4.78 is 22.2. The van der Waals surface area contributed by atoms with Crippen LogP contribution < -0.4 is 0 Å². The van der Waals surface area contributed by atoms with Gasteiger partial charge in [0.05, 0.1) is 30.5 Å². The first-order valence-electron chi connectivity index (χ1n) is 6.84. The van der Waals surface area contributed by atoms with Crippen LogP contribution in [0.15, 0.2) is 16.5 Å². The van der Waals surface area contributed by atoms with Crippen LogP contribution in [-0.2, 0) is 18.8 Å². The highest BCUT2D eigenvalue weighted by atomic mass is 35.5. The fourth-order valence-electron chi connectivity index (χ4n) is 2.17. The molecule has 5 nitrogen and oxygen atoms in total. The van der Waals surface area contributed by atoms with E-state index in [0.29, 0.717) is 5.76 Å². The zero-order chi connectivity index (χ0) is 15.8. The molecule has 1 aliphatic heterocycles. The van der Waals surface area contributed by atoms with Gasteiger partial charge < -0.3 is 18.5 Å². The van der Waals surface area contributed by atoms with Gasteiger partial charge in [0.25, 0.3) is 0 Å². The molecule has 0 bridgehead atoms. The summed E-state index contributed by atoms with van der Waals surface area (Å²) in [6.45, 7) is 7.82. The molecule has 0 aromatic carbocycles. The molecule has 2 rings (SSSR count). The van der Waals surface area contributed by atoms with E-state index in [1.807, 2.05) is 27.7 Å². The van der Waals surface area contributed by atoms with E-state index in [9.17, 15) is 4.79 Å². The van der Waals surface area contributed by atoms with Gasteiger partial charge in [0, 0.05) is 0 Å². The van der Waals surface area contributed by atoms with Gasteiger partial charge in [-0.25, -0.2) is 0 Å². The van der Waals surface area contributed by atoms with Crippen molar-refractivity contribution in [3.05, 3.63) is 23.1 Å². The van der Waals surface area contributed by atoms with E-state index in [2.05, 4.69) is 0 Å². The summed E-state index contributed by atoms with van der Waals surface area (Å²) in [6, 6.07) is 3.35. The van der Waals surface area contributed by atoms with Crippen LogP contribution in [0.3, 0.4) is 0 Å². The molecule has 1 fully saturated rings. The number of carbonyl (C=O) groups excluding carboxylic acids is 1. The Hall–Kier alpha value is -0.975. The second kappa shape index (κ2) is 5.67. The van der Waals surface area contributed by atoms with E-state index in [1.165, 1.54) is 7.11 Å². The minimum Gasteiger partial charge on any atom is -0.469 e. The number of rotatable bonds is 4. The summed E-state index contributed by atoms with van der Waals surface area (Å²) in [4.78, 5) is 11.7. The summed E-state index contributed by atoms with van der Waals surface area (Å²) >= 11 is 5.83. The number of hydrogen-bond donors (Lipinski definition) is 0. The lowest BCUT2D eigenvalue weighted by atomic mass is 9.68. The molecule has 7 heteroatoms. The number of halogens is 1. The van der Waals surface area contributed by atoms with Crippen molar-refractivity contribution in [2.75, 3.05) is 7.11 Å². The Bertz CT molecular complexity index is 509. The maximum atomic E-state index is 11.7. The van der Waals surface area contributed by atoms with E-state index < -0.39 is 24.1 Å². The second-order valence-electron chi connectivity index (χ2n) is 6.15. The van der Waals surface area contributed by atoms with Crippen LogP contribution in [0.4, 0.5) is 0 Å². The quantitative estimate of drug-likeness (QED) is 0.631. The first-order chi connectivity index (χ1) is 9.66. The lowest BCUT2D eigenvalue weighted by Gasteiger charge is -2.32. The average molecular weight is 315 g/mol. The van der Waals surface area contributed by atoms with Gasteiger partial charge in [0.1, 0.15) is 5.76 Å². The van der Waals surface area contributed by atoms with Gasteiger partial charge in [-0.15, -0.1) is 0 Å². The maximum Gasteiger partial charge on any atom is 0.469 e. The van der Waals surface area contributed by atoms with E-state index in [4.69, 9.17) is 30.1 Å². The Balaban J connectivity index is 2.27. The summed E-state index contributed by atoms with van der Waals surface area (Å²) in [5.41, 5.74) is -0.967. The van der Waals surface area contributed by atoms with Crippen molar-refractivity contribution in [2.24, 2.45) is 0 Å². The second-order valence-corrected chi connectivity index (χ2v) is 6.53. The highest BCUT2D eigenvalue weighted by molar-refractivity contribution is 6.48. The number of ether oxygens (including phenoxy) is 1. The van der Waals surface area contributed by atoms with Crippen LogP contribution in [0.2, 0.25) is 5.22 Å². The molecular formula is C14H20BClO5. The Morgan fingerprint density at radius 1 is 1.29 bits per heavy atom. The lowest BCUT2D eigenvalue weighted by Crippen LogP contribution is -2.41. The summed E-state index contributed by atoms with van der Waals surface area (Å²) in [5.74, 6) is -0.225. The van der Waals surface area contributed by atoms with Gasteiger partial charge in [-0.2, -0.15) is 0 Å². The predicted molar refractivity (Wildman–Crippen MR) is 79.2 cm³/mol. The molecule has 0 aliphatic carbocycles. The van der Waals surface area contributed by atoms with Crippen LogP contribution in [0.5, 0.6) is 0 Å². The van der Waals surface area contributed by atoms with Gasteiger partial charge in [0.15, 0.2) is 5.22 Å². The molecule has 0 radical (unpaired) electrons. The molecule has 0 N–H and O–H groups in total. The first kappa shape index (κ1) is 16.4. The normalized spacial score (nSPS) is 21.3. The monoisotopic (exact) mass is 314 g/mol. The van der Waals surface area contributed by atoms with Gasteiger partial charge in [-0.3, -0.25) is 4.79 Å².